The van der Waals surface area contributed by atoms with Crippen LogP contribution in [-0.2, 0) is 9.53 Å². The third-order valence-electron chi connectivity index (χ3n) is 3.59. The predicted octanol–water partition coefficient (Wildman–Crippen LogP) is 5.05. The van der Waals surface area contributed by atoms with Crippen LogP contribution in [0.5, 0.6) is 0 Å². The third kappa shape index (κ3) is 4.12. The fraction of sp³-hybridized carbons (Fsp3) is 0.200. The van der Waals surface area contributed by atoms with Crippen LogP contribution in [0.4, 0.5) is 0 Å². The van der Waals surface area contributed by atoms with Crippen molar-refractivity contribution >= 4 is 17.7 Å². The number of oxazole rings is 1. The Hall–Kier alpha value is -2.53. The molecule has 0 bridgehead atoms. The molecule has 3 aromatic rings. The summed E-state index contributed by atoms with van der Waals surface area (Å²) in [5, 5.41) is 0.0732. The van der Waals surface area contributed by atoms with Gasteiger partial charge in [0.25, 0.3) is 5.22 Å². The number of esters is 1. The van der Waals surface area contributed by atoms with Gasteiger partial charge in [0.2, 0.25) is 0 Å². The van der Waals surface area contributed by atoms with Crippen molar-refractivity contribution in [2.45, 2.75) is 24.3 Å². The largest absolute Gasteiger partial charge is 0.465 e. The molecule has 0 amide bonds. The molecule has 1 heterocycles. The van der Waals surface area contributed by atoms with E-state index in [1.807, 2.05) is 60.7 Å². The Bertz CT molecular complexity index is 774. The van der Waals surface area contributed by atoms with Crippen LogP contribution in [0.1, 0.15) is 13.8 Å². The van der Waals surface area contributed by atoms with Crippen LogP contribution in [0.3, 0.4) is 0 Å². The van der Waals surface area contributed by atoms with E-state index in [1.54, 1.807) is 13.8 Å². The van der Waals surface area contributed by atoms with E-state index >= 15 is 0 Å². The van der Waals surface area contributed by atoms with Crippen LogP contribution in [-0.4, -0.2) is 22.8 Å². The standard InChI is InChI=1S/C20H19NO3S/c1-3-23-19(22)14(2)25-20-21-17(15-10-6-4-7-11-15)18(24-20)16-12-8-5-9-13-16/h4-14H,3H2,1-2H3. The number of aromatic nitrogens is 1. The molecule has 128 valence electrons. The summed E-state index contributed by atoms with van der Waals surface area (Å²) < 4.78 is 11.1. The number of nitrogens with zero attached hydrogens (tertiary/aromatic N) is 1. The third-order valence-corrected chi connectivity index (χ3v) is 4.51. The van der Waals surface area contributed by atoms with E-state index in [0.717, 1.165) is 16.8 Å². The molecule has 0 fully saturated rings. The SMILES string of the molecule is CCOC(=O)C(C)Sc1nc(-c2ccccc2)c(-c2ccccc2)o1. The summed E-state index contributed by atoms with van der Waals surface area (Å²) in [6.45, 7) is 3.94. The molecule has 0 aliphatic heterocycles. The Labute approximate surface area is 151 Å². The lowest BCUT2D eigenvalue weighted by Gasteiger charge is -2.06. The molecule has 2 aromatic carbocycles. The van der Waals surface area contributed by atoms with Crippen LogP contribution < -0.4 is 0 Å². The second-order valence-electron chi connectivity index (χ2n) is 5.40. The van der Waals surface area contributed by atoms with Gasteiger partial charge in [0.15, 0.2) is 5.76 Å². The first-order valence-electron chi connectivity index (χ1n) is 8.14. The minimum absolute atomic E-state index is 0.270. The molecule has 1 unspecified atom stereocenters. The summed E-state index contributed by atoms with van der Waals surface area (Å²) in [4.78, 5) is 16.5. The van der Waals surface area contributed by atoms with Gasteiger partial charge in [-0.2, -0.15) is 0 Å². The molecular formula is C20H19NO3S. The van der Waals surface area contributed by atoms with Crippen molar-refractivity contribution < 1.29 is 13.9 Å². The molecule has 1 atom stereocenters. The highest BCUT2D eigenvalue weighted by Gasteiger charge is 2.22. The summed E-state index contributed by atoms with van der Waals surface area (Å²) in [5.41, 5.74) is 2.69. The molecule has 4 nitrogen and oxygen atoms in total. The first kappa shape index (κ1) is 17.3. The minimum Gasteiger partial charge on any atom is -0.465 e. The van der Waals surface area contributed by atoms with E-state index in [1.165, 1.54) is 11.8 Å². The Morgan fingerprint density at radius 3 is 2.28 bits per heavy atom. The quantitative estimate of drug-likeness (QED) is 0.458. The number of hydrogen-bond acceptors (Lipinski definition) is 5. The average molecular weight is 353 g/mol. The molecule has 0 aliphatic rings. The molecule has 0 spiro atoms. The van der Waals surface area contributed by atoms with Crippen molar-refractivity contribution in [3.05, 3.63) is 60.7 Å². The van der Waals surface area contributed by atoms with Gasteiger partial charge < -0.3 is 9.15 Å². The van der Waals surface area contributed by atoms with Crippen LogP contribution in [0.15, 0.2) is 70.3 Å². The summed E-state index contributed by atoms with van der Waals surface area (Å²) in [6, 6.07) is 19.7. The zero-order valence-corrected chi connectivity index (χ0v) is 15.0. The zero-order chi connectivity index (χ0) is 17.6. The van der Waals surface area contributed by atoms with Crippen molar-refractivity contribution in [3.8, 4) is 22.6 Å². The molecule has 25 heavy (non-hydrogen) atoms. The molecule has 0 N–H and O–H groups in total. The molecule has 0 saturated carbocycles. The first-order chi connectivity index (χ1) is 12.2. The van der Waals surface area contributed by atoms with E-state index < -0.39 is 0 Å². The minimum atomic E-state index is -0.383. The van der Waals surface area contributed by atoms with Crippen molar-refractivity contribution in [2.24, 2.45) is 0 Å². The topological polar surface area (TPSA) is 52.3 Å². The number of hydrogen-bond donors (Lipinski definition) is 0. The lowest BCUT2D eigenvalue weighted by Crippen LogP contribution is -2.16. The van der Waals surface area contributed by atoms with Gasteiger partial charge >= 0.3 is 5.97 Å². The maximum absolute atomic E-state index is 11.9. The molecule has 0 radical (unpaired) electrons. The first-order valence-corrected chi connectivity index (χ1v) is 9.02. The van der Waals surface area contributed by atoms with Crippen molar-refractivity contribution in [3.63, 3.8) is 0 Å². The molecule has 1 aromatic heterocycles. The Morgan fingerprint density at radius 2 is 1.68 bits per heavy atom. The summed E-state index contributed by atoms with van der Waals surface area (Å²) >= 11 is 1.26. The number of rotatable bonds is 6. The van der Waals surface area contributed by atoms with Gasteiger partial charge in [0, 0.05) is 11.1 Å². The summed E-state index contributed by atoms with van der Waals surface area (Å²) in [5.74, 6) is 0.429. The number of carbonyl (C=O) groups is 1. The fourth-order valence-electron chi connectivity index (χ4n) is 2.39. The highest BCUT2D eigenvalue weighted by Crippen LogP contribution is 2.36. The van der Waals surface area contributed by atoms with Gasteiger partial charge in [0.05, 0.1) is 6.61 Å². The number of thioether (sulfide) groups is 1. The van der Waals surface area contributed by atoms with E-state index in [9.17, 15) is 4.79 Å². The fourth-order valence-corrected chi connectivity index (χ4v) is 3.13. The number of carbonyl (C=O) groups excluding carboxylic acids is 1. The highest BCUT2D eigenvalue weighted by atomic mass is 32.2. The normalized spacial score (nSPS) is 11.9. The Morgan fingerprint density at radius 1 is 1.08 bits per heavy atom. The molecular weight excluding hydrogens is 334 g/mol. The van der Waals surface area contributed by atoms with Crippen molar-refractivity contribution in [1.82, 2.24) is 4.98 Å². The number of ether oxygens (including phenoxy) is 1. The van der Waals surface area contributed by atoms with Crippen molar-refractivity contribution in [2.75, 3.05) is 6.61 Å². The average Bonchev–Trinajstić information content (AvgIpc) is 3.07. The van der Waals surface area contributed by atoms with Crippen LogP contribution in [0, 0.1) is 0 Å². The lowest BCUT2D eigenvalue weighted by molar-refractivity contribution is -0.142. The smallest absolute Gasteiger partial charge is 0.319 e. The Kier molecular flexibility index (Phi) is 5.56. The predicted molar refractivity (Wildman–Crippen MR) is 99.3 cm³/mol. The maximum Gasteiger partial charge on any atom is 0.319 e. The summed E-state index contributed by atoms with van der Waals surface area (Å²) in [7, 11) is 0. The second-order valence-corrected chi connectivity index (χ2v) is 6.69. The van der Waals surface area contributed by atoms with Gasteiger partial charge in [-0.25, -0.2) is 4.98 Å². The van der Waals surface area contributed by atoms with E-state index in [0.29, 0.717) is 17.6 Å². The second kappa shape index (κ2) is 8.03. The van der Waals surface area contributed by atoms with Crippen LogP contribution in [0.25, 0.3) is 22.6 Å². The summed E-state index contributed by atoms with van der Waals surface area (Å²) in [6.07, 6.45) is 0. The van der Waals surface area contributed by atoms with Gasteiger partial charge in [0.1, 0.15) is 10.9 Å². The van der Waals surface area contributed by atoms with E-state index in [4.69, 9.17) is 9.15 Å². The zero-order valence-electron chi connectivity index (χ0n) is 14.1. The van der Waals surface area contributed by atoms with Crippen LogP contribution >= 0.6 is 11.8 Å². The van der Waals surface area contributed by atoms with Gasteiger partial charge in [-0.15, -0.1) is 0 Å². The van der Waals surface area contributed by atoms with E-state index in [-0.39, 0.29) is 11.2 Å². The molecule has 3 rings (SSSR count). The number of benzene rings is 2. The van der Waals surface area contributed by atoms with Gasteiger partial charge in [-0.05, 0) is 13.8 Å². The van der Waals surface area contributed by atoms with Crippen molar-refractivity contribution in [1.29, 1.82) is 0 Å². The van der Waals surface area contributed by atoms with Gasteiger partial charge in [-0.3, -0.25) is 4.79 Å². The highest BCUT2D eigenvalue weighted by molar-refractivity contribution is 8.00. The molecule has 0 saturated heterocycles. The molecule has 5 heteroatoms. The van der Waals surface area contributed by atoms with Crippen LogP contribution in [0.2, 0.25) is 0 Å². The lowest BCUT2D eigenvalue weighted by atomic mass is 10.1. The monoisotopic (exact) mass is 353 g/mol. The van der Waals surface area contributed by atoms with Gasteiger partial charge in [-0.1, -0.05) is 72.4 Å². The van der Waals surface area contributed by atoms with E-state index in [2.05, 4.69) is 4.98 Å². The Balaban J connectivity index is 1.96. The maximum atomic E-state index is 11.9. The molecule has 0 aliphatic carbocycles.